The van der Waals surface area contributed by atoms with Crippen molar-refractivity contribution in [3.8, 4) is 0 Å². The monoisotopic (exact) mass is 333 g/mol. The van der Waals surface area contributed by atoms with Gasteiger partial charge in [-0.1, -0.05) is 34.1 Å². The fourth-order valence-electron chi connectivity index (χ4n) is 4.85. The van der Waals surface area contributed by atoms with Crippen LogP contribution in [0.4, 0.5) is 5.69 Å². The molecule has 2 nitrogen and oxygen atoms in total. The lowest BCUT2D eigenvalue weighted by molar-refractivity contribution is -0.118. The van der Waals surface area contributed by atoms with E-state index in [-0.39, 0.29) is 10.7 Å². The molecule has 0 radical (unpaired) electrons. The number of alkyl halides is 1. The molecule has 5 unspecified atom stereocenters. The number of hydrogen-bond donors (Lipinski definition) is 1. The predicted octanol–water partition coefficient (Wildman–Crippen LogP) is 4.37. The van der Waals surface area contributed by atoms with E-state index in [4.69, 9.17) is 0 Å². The first-order chi connectivity index (χ1) is 9.66. The van der Waals surface area contributed by atoms with Crippen LogP contribution in [-0.2, 0) is 4.79 Å². The Hall–Kier alpha value is -0.830. The molecule has 0 aliphatic heterocycles. The summed E-state index contributed by atoms with van der Waals surface area (Å²) in [6, 6.07) is 8.10. The standard InChI is InChI=1S/C17H20BrNO/c1-9(18)12-4-2-3-5-13(12)19-17(20)16-14-10-6-7-11(8-10)15(14)16/h2-5,9-11,14-16H,6-8H2,1H3,(H,19,20). The molecule has 1 aromatic carbocycles. The first-order valence-electron chi connectivity index (χ1n) is 7.70. The van der Waals surface area contributed by atoms with E-state index in [0.717, 1.165) is 23.1 Å². The quantitative estimate of drug-likeness (QED) is 0.817. The molecule has 1 amide bonds. The van der Waals surface area contributed by atoms with Crippen molar-refractivity contribution in [2.24, 2.45) is 29.6 Å². The van der Waals surface area contributed by atoms with Gasteiger partial charge in [-0.15, -0.1) is 0 Å². The van der Waals surface area contributed by atoms with Gasteiger partial charge in [-0.2, -0.15) is 0 Å². The zero-order valence-corrected chi connectivity index (χ0v) is 13.3. The SMILES string of the molecule is CC(Br)c1ccccc1NC(=O)C1C2C3CCC(C3)C12. The molecule has 0 aromatic heterocycles. The van der Waals surface area contributed by atoms with E-state index < -0.39 is 0 Å². The predicted molar refractivity (Wildman–Crippen MR) is 83.7 cm³/mol. The number of nitrogens with one attached hydrogen (secondary N) is 1. The van der Waals surface area contributed by atoms with E-state index in [1.807, 2.05) is 18.2 Å². The van der Waals surface area contributed by atoms with Gasteiger partial charge >= 0.3 is 0 Å². The second-order valence-electron chi connectivity index (χ2n) is 6.71. The van der Waals surface area contributed by atoms with Gasteiger partial charge in [0.1, 0.15) is 0 Å². The van der Waals surface area contributed by atoms with Crippen LogP contribution in [0.1, 0.15) is 36.6 Å². The largest absolute Gasteiger partial charge is 0.326 e. The highest BCUT2D eigenvalue weighted by atomic mass is 79.9. The van der Waals surface area contributed by atoms with Crippen LogP contribution in [-0.4, -0.2) is 5.91 Å². The maximum Gasteiger partial charge on any atom is 0.228 e. The number of fused-ring (bicyclic) bond motifs is 5. The lowest BCUT2D eigenvalue weighted by atomic mass is 10.0. The lowest BCUT2D eigenvalue weighted by Gasteiger charge is -2.14. The Kier molecular flexibility index (Phi) is 2.95. The second-order valence-corrected chi connectivity index (χ2v) is 8.08. The van der Waals surface area contributed by atoms with Crippen LogP contribution in [0.3, 0.4) is 0 Å². The van der Waals surface area contributed by atoms with Crippen molar-refractivity contribution in [1.29, 1.82) is 0 Å². The molecular weight excluding hydrogens is 314 g/mol. The molecular formula is C17H20BrNO. The number of halogens is 1. The van der Waals surface area contributed by atoms with Crippen molar-refractivity contribution >= 4 is 27.5 Å². The molecule has 5 atom stereocenters. The van der Waals surface area contributed by atoms with Gasteiger partial charge in [-0.3, -0.25) is 4.79 Å². The average molecular weight is 334 g/mol. The number of carbonyl (C=O) groups is 1. The van der Waals surface area contributed by atoms with Crippen LogP contribution >= 0.6 is 15.9 Å². The maximum atomic E-state index is 12.6. The van der Waals surface area contributed by atoms with Gasteiger partial charge in [0.05, 0.1) is 0 Å². The summed E-state index contributed by atoms with van der Waals surface area (Å²) in [7, 11) is 0. The number of amides is 1. The third-order valence-electron chi connectivity index (χ3n) is 5.69. The molecule has 0 spiro atoms. The Labute approximate surface area is 128 Å². The van der Waals surface area contributed by atoms with Crippen LogP contribution in [0.5, 0.6) is 0 Å². The van der Waals surface area contributed by atoms with Crippen molar-refractivity contribution in [2.75, 3.05) is 5.32 Å². The van der Waals surface area contributed by atoms with Crippen molar-refractivity contribution in [3.63, 3.8) is 0 Å². The van der Waals surface area contributed by atoms with Crippen molar-refractivity contribution in [3.05, 3.63) is 29.8 Å². The van der Waals surface area contributed by atoms with Gasteiger partial charge in [-0.25, -0.2) is 0 Å². The number of benzene rings is 1. The van der Waals surface area contributed by atoms with Gasteiger partial charge in [0.25, 0.3) is 0 Å². The number of rotatable bonds is 3. The van der Waals surface area contributed by atoms with Crippen molar-refractivity contribution in [2.45, 2.75) is 31.0 Å². The third-order valence-corrected chi connectivity index (χ3v) is 6.18. The summed E-state index contributed by atoms with van der Waals surface area (Å²) < 4.78 is 0. The molecule has 1 N–H and O–H groups in total. The molecule has 3 heteroatoms. The van der Waals surface area contributed by atoms with Crippen LogP contribution in [0.2, 0.25) is 0 Å². The second kappa shape index (κ2) is 4.59. The molecule has 3 aliphatic carbocycles. The zero-order valence-electron chi connectivity index (χ0n) is 11.7. The summed E-state index contributed by atoms with van der Waals surface area (Å²) in [5, 5.41) is 3.18. The summed E-state index contributed by atoms with van der Waals surface area (Å²) in [4.78, 5) is 12.8. The summed E-state index contributed by atoms with van der Waals surface area (Å²) in [5.74, 6) is 3.69. The normalized spacial score (nSPS) is 38.4. The molecule has 4 rings (SSSR count). The fourth-order valence-corrected chi connectivity index (χ4v) is 5.25. The molecule has 3 aliphatic rings. The fraction of sp³-hybridized carbons (Fsp3) is 0.588. The lowest BCUT2D eigenvalue weighted by Crippen LogP contribution is -2.19. The summed E-state index contributed by atoms with van der Waals surface area (Å²) >= 11 is 3.60. The molecule has 106 valence electrons. The van der Waals surface area contributed by atoms with Crippen LogP contribution in [0.15, 0.2) is 24.3 Å². The van der Waals surface area contributed by atoms with E-state index >= 15 is 0 Å². The van der Waals surface area contributed by atoms with E-state index in [2.05, 4.69) is 34.2 Å². The van der Waals surface area contributed by atoms with Crippen molar-refractivity contribution in [1.82, 2.24) is 0 Å². The average Bonchev–Trinajstić information content (AvgIpc) is 2.88. The minimum Gasteiger partial charge on any atom is -0.326 e. The zero-order chi connectivity index (χ0) is 13.9. The van der Waals surface area contributed by atoms with Gasteiger partial charge in [0.15, 0.2) is 0 Å². The molecule has 3 fully saturated rings. The Bertz CT molecular complexity index is 540. The van der Waals surface area contributed by atoms with E-state index in [1.54, 1.807) is 0 Å². The molecule has 20 heavy (non-hydrogen) atoms. The Morgan fingerprint density at radius 3 is 2.55 bits per heavy atom. The van der Waals surface area contributed by atoms with Gasteiger partial charge in [0.2, 0.25) is 5.91 Å². The van der Waals surface area contributed by atoms with E-state index in [1.165, 1.54) is 19.3 Å². The molecule has 1 aromatic rings. The first-order valence-corrected chi connectivity index (χ1v) is 8.62. The van der Waals surface area contributed by atoms with Gasteiger partial charge in [0, 0.05) is 16.4 Å². The topological polar surface area (TPSA) is 29.1 Å². The highest BCUT2D eigenvalue weighted by molar-refractivity contribution is 9.09. The molecule has 3 saturated carbocycles. The van der Waals surface area contributed by atoms with Gasteiger partial charge < -0.3 is 5.32 Å². The van der Waals surface area contributed by atoms with Crippen LogP contribution in [0, 0.1) is 29.6 Å². The van der Waals surface area contributed by atoms with Crippen molar-refractivity contribution < 1.29 is 4.79 Å². The molecule has 0 heterocycles. The number of carbonyl (C=O) groups excluding carboxylic acids is 1. The molecule has 2 bridgehead atoms. The molecule has 0 saturated heterocycles. The smallest absolute Gasteiger partial charge is 0.228 e. The maximum absolute atomic E-state index is 12.6. The minimum atomic E-state index is 0.258. The number of para-hydroxylation sites is 1. The summed E-state index contributed by atoms with van der Waals surface area (Å²) in [6.07, 6.45) is 4.13. The Balaban J connectivity index is 1.49. The Morgan fingerprint density at radius 1 is 1.25 bits per heavy atom. The van der Waals surface area contributed by atoms with E-state index in [9.17, 15) is 4.79 Å². The van der Waals surface area contributed by atoms with Gasteiger partial charge in [-0.05, 0) is 61.5 Å². The Morgan fingerprint density at radius 2 is 1.90 bits per heavy atom. The summed E-state index contributed by atoms with van der Waals surface area (Å²) in [6.45, 7) is 2.09. The highest BCUT2D eigenvalue weighted by Gasteiger charge is 2.67. The first kappa shape index (κ1) is 12.9. The third kappa shape index (κ3) is 1.86. The number of anilines is 1. The number of hydrogen-bond acceptors (Lipinski definition) is 1. The summed E-state index contributed by atoms with van der Waals surface area (Å²) in [5.41, 5.74) is 2.13. The highest BCUT2D eigenvalue weighted by Crippen LogP contribution is 2.69. The minimum absolute atomic E-state index is 0.258. The van der Waals surface area contributed by atoms with E-state index in [0.29, 0.717) is 17.8 Å². The van der Waals surface area contributed by atoms with Crippen LogP contribution < -0.4 is 5.32 Å². The van der Waals surface area contributed by atoms with Crippen LogP contribution in [0.25, 0.3) is 0 Å².